The standard InChI is InChI=1S/C14H16N2O2/c1-10-2-5-13-11(8-10)3-4-12(16-13)9-14(18)15-6-7-17/h2-5,8,17H,6-7,9H2,1H3,(H,15,18). The van der Waals surface area contributed by atoms with Crippen LogP contribution in [0.5, 0.6) is 0 Å². The molecule has 0 bridgehead atoms. The van der Waals surface area contributed by atoms with Crippen molar-refractivity contribution in [1.29, 1.82) is 0 Å². The largest absolute Gasteiger partial charge is 0.395 e. The lowest BCUT2D eigenvalue weighted by molar-refractivity contribution is -0.120. The van der Waals surface area contributed by atoms with Crippen molar-refractivity contribution in [3.05, 3.63) is 41.6 Å². The number of carbonyl (C=O) groups is 1. The van der Waals surface area contributed by atoms with Gasteiger partial charge in [0.05, 0.1) is 24.2 Å². The van der Waals surface area contributed by atoms with Gasteiger partial charge in [-0.15, -0.1) is 0 Å². The van der Waals surface area contributed by atoms with E-state index < -0.39 is 0 Å². The number of amides is 1. The molecule has 0 aliphatic rings. The van der Waals surface area contributed by atoms with Gasteiger partial charge in [0.25, 0.3) is 0 Å². The van der Waals surface area contributed by atoms with Gasteiger partial charge in [-0.1, -0.05) is 17.7 Å². The van der Waals surface area contributed by atoms with Gasteiger partial charge in [0.2, 0.25) is 5.91 Å². The molecule has 1 aromatic heterocycles. The van der Waals surface area contributed by atoms with E-state index in [-0.39, 0.29) is 25.5 Å². The first kappa shape index (κ1) is 12.5. The lowest BCUT2D eigenvalue weighted by Crippen LogP contribution is -2.28. The van der Waals surface area contributed by atoms with Gasteiger partial charge in [0, 0.05) is 11.9 Å². The Balaban J connectivity index is 2.15. The zero-order chi connectivity index (χ0) is 13.0. The average molecular weight is 244 g/mol. The Kier molecular flexibility index (Phi) is 3.89. The van der Waals surface area contributed by atoms with Crippen molar-refractivity contribution in [1.82, 2.24) is 10.3 Å². The number of aliphatic hydroxyl groups is 1. The summed E-state index contributed by atoms with van der Waals surface area (Å²) < 4.78 is 0. The van der Waals surface area contributed by atoms with Crippen LogP contribution in [-0.2, 0) is 11.2 Å². The topological polar surface area (TPSA) is 62.2 Å². The number of nitrogens with zero attached hydrogens (tertiary/aromatic N) is 1. The monoisotopic (exact) mass is 244 g/mol. The van der Waals surface area contributed by atoms with E-state index in [0.717, 1.165) is 16.6 Å². The fraction of sp³-hybridized carbons (Fsp3) is 0.286. The molecule has 0 aliphatic carbocycles. The molecule has 2 rings (SSSR count). The maximum atomic E-state index is 11.5. The number of nitrogens with one attached hydrogen (secondary N) is 1. The summed E-state index contributed by atoms with van der Waals surface area (Å²) >= 11 is 0. The summed E-state index contributed by atoms with van der Waals surface area (Å²) in [6, 6.07) is 9.87. The summed E-state index contributed by atoms with van der Waals surface area (Å²) in [5, 5.41) is 12.3. The van der Waals surface area contributed by atoms with E-state index in [9.17, 15) is 4.79 Å². The third-order valence-corrected chi connectivity index (χ3v) is 2.68. The Labute approximate surface area is 106 Å². The van der Waals surface area contributed by atoms with E-state index in [1.807, 2.05) is 31.2 Å². The highest BCUT2D eigenvalue weighted by atomic mass is 16.3. The third-order valence-electron chi connectivity index (χ3n) is 2.68. The number of aromatic nitrogens is 1. The molecule has 1 aromatic carbocycles. The number of pyridine rings is 1. The lowest BCUT2D eigenvalue weighted by atomic mass is 10.1. The van der Waals surface area contributed by atoms with Crippen LogP contribution >= 0.6 is 0 Å². The molecule has 1 amide bonds. The fourth-order valence-corrected chi connectivity index (χ4v) is 1.81. The molecule has 94 valence electrons. The molecule has 18 heavy (non-hydrogen) atoms. The van der Waals surface area contributed by atoms with Gasteiger partial charge in [-0.2, -0.15) is 0 Å². The van der Waals surface area contributed by atoms with Gasteiger partial charge in [0.15, 0.2) is 0 Å². The van der Waals surface area contributed by atoms with Crippen molar-refractivity contribution in [3.8, 4) is 0 Å². The van der Waals surface area contributed by atoms with E-state index in [1.54, 1.807) is 0 Å². The quantitative estimate of drug-likeness (QED) is 0.849. The second kappa shape index (κ2) is 5.60. The Morgan fingerprint density at radius 1 is 1.33 bits per heavy atom. The van der Waals surface area contributed by atoms with Gasteiger partial charge in [-0.3, -0.25) is 9.78 Å². The molecule has 0 atom stereocenters. The van der Waals surface area contributed by atoms with Crippen LogP contribution in [0, 0.1) is 6.92 Å². The summed E-state index contributed by atoms with van der Waals surface area (Å²) in [5.74, 6) is -0.122. The number of hydrogen-bond acceptors (Lipinski definition) is 3. The minimum Gasteiger partial charge on any atom is -0.395 e. The van der Waals surface area contributed by atoms with Gasteiger partial charge >= 0.3 is 0 Å². The molecule has 0 aliphatic heterocycles. The van der Waals surface area contributed by atoms with E-state index >= 15 is 0 Å². The maximum Gasteiger partial charge on any atom is 0.226 e. The smallest absolute Gasteiger partial charge is 0.226 e. The van der Waals surface area contributed by atoms with Crippen LogP contribution in [0.25, 0.3) is 10.9 Å². The molecule has 0 radical (unpaired) electrons. The predicted molar refractivity (Wildman–Crippen MR) is 70.3 cm³/mol. The molecule has 0 fully saturated rings. The summed E-state index contributed by atoms with van der Waals surface area (Å²) in [4.78, 5) is 15.9. The van der Waals surface area contributed by atoms with E-state index in [4.69, 9.17) is 5.11 Å². The average Bonchev–Trinajstić information content (AvgIpc) is 2.36. The zero-order valence-corrected chi connectivity index (χ0v) is 10.3. The van der Waals surface area contributed by atoms with Gasteiger partial charge in [-0.05, 0) is 25.1 Å². The summed E-state index contributed by atoms with van der Waals surface area (Å²) in [6.07, 6.45) is 0.240. The summed E-state index contributed by atoms with van der Waals surface area (Å²) in [5.41, 5.74) is 2.83. The highest BCUT2D eigenvalue weighted by molar-refractivity contribution is 5.82. The number of aliphatic hydroxyl groups excluding tert-OH is 1. The Morgan fingerprint density at radius 3 is 2.94 bits per heavy atom. The molecule has 0 spiro atoms. The predicted octanol–water partition coefficient (Wildman–Crippen LogP) is 1.19. The van der Waals surface area contributed by atoms with Crippen LogP contribution in [0.15, 0.2) is 30.3 Å². The number of fused-ring (bicyclic) bond motifs is 1. The van der Waals surface area contributed by atoms with Crippen molar-refractivity contribution in [3.63, 3.8) is 0 Å². The fourth-order valence-electron chi connectivity index (χ4n) is 1.81. The van der Waals surface area contributed by atoms with Crippen molar-refractivity contribution in [2.24, 2.45) is 0 Å². The molecule has 0 saturated heterocycles. The molecule has 2 N–H and O–H groups in total. The van der Waals surface area contributed by atoms with Crippen LogP contribution in [0.3, 0.4) is 0 Å². The number of rotatable bonds is 4. The Bertz CT molecular complexity index is 567. The lowest BCUT2D eigenvalue weighted by Gasteiger charge is -2.04. The molecule has 2 aromatic rings. The first-order valence-electron chi connectivity index (χ1n) is 5.93. The molecular formula is C14H16N2O2. The van der Waals surface area contributed by atoms with Crippen LogP contribution in [-0.4, -0.2) is 29.1 Å². The van der Waals surface area contributed by atoms with Gasteiger partial charge in [-0.25, -0.2) is 0 Å². The number of carbonyl (C=O) groups excluding carboxylic acids is 1. The molecule has 1 heterocycles. The van der Waals surface area contributed by atoms with E-state index in [2.05, 4.69) is 16.4 Å². The second-order valence-corrected chi connectivity index (χ2v) is 4.25. The highest BCUT2D eigenvalue weighted by Crippen LogP contribution is 2.14. The zero-order valence-electron chi connectivity index (χ0n) is 10.3. The molecule has 0 saturated carbocycles. The van der Waals surface area contributed by atoms with Crippen molar-refractivity contribution in [2.45, 2.75) is 13.3 Å². The second-order valence-electron chi connectivity index (χ2n) is 4.25. The van der Waals surface area contributed by atoms with Crippen LogP contribution < -0.4 is 5.32 Å². The molecule has 4 nitrogen and oxygen atoms in total. The maximum absolute atomic E-state index is 11.5. The van der Waals surface area contributed by atoms with Crippen molar-refractivity contribution >= 4 is 16.8 Å². The van der Waals surface area contributed by atoms with Crippen LogP contribution in [0.2, 0.25) is 0 Å². The number of aryl methyl sites for hydroxylation is 1. The molecular weight excluding hydrogens is 228 g/mol. The van der Waals surface area contributed by atoms with E-state index in [0.29, 0.717) is 0 Å². The highest BCUT2D eigenvalue weighted by Gasteiger charge is 2.05. The van der Waals surface area contributed by atoms with Crippen LogP contribution in [0.4, 0.5) is 0 Å². The molecule has 0 unspecified atom stereocenters. The number of benzene rings is 1. The van der Waals surface area contributed by atoms with Crippen molar-refractivity contribution in [2.75, 3.05) is 13.2 Å². The minimum absolute atomic E-state index is 0.0455. The third kappa shape index (κ3) is 3.05. The summed E-state index contributed by atoms with van der Waals surface area (Å²) in [6.45, 7) is 2.28. The van der Waals surface area contributed by atoms with Crippen molar-refractivity contribution < 1.29 is 9.90 Å². The molecule has 4 heteroatoms. The Morgan fingerprint density at radius 2 is 2.17 bits per heavy atom. The van der Waals surface area contributed by atoms with Gasteiger partial charge in [0.1, 0.15) is 0 Å². The normalized spacial score (nSPS) is 10.6. The summed E-state index contributed by atoms with van der Waals surface area (Å²) in [7, 11) is 0. The first-order valence-corrected chi connectivity index (χ1v) is 5.93. The Hall–Kier alpha value is -1.94. The van der Waals surface area contributed by atoms with E-state index in [1.165, 1.54) is 5.56 Å². The van der Waals surface area contributed by atoms with Gasteiger partial charge < -0.3 is 10.4 Å². The SMILES string of the molecule is Cc1ccc2nc(CC(=O)NCCO)ccc2c1. The minimum atomic E-state index is -0.122. The number of hydrogen-bond donors (Lipinski definition) is 2. The first-order chi connectivity index (χ1) is 8.69. The van der Waals surface area contributed by atoms with Crippen LogP contribution in [0.1, 0.15) is 11.3 Å².